The minimum absolute atomic E-state index is 0.0267. The molecule has 0 heterocycles. The van der Waals surface area contributed by atoms with E-state index in [0.717, 1.165) is 25.3 Å². The molecule has 58 heavy (non-hydrogen) atoms. The molecule has 2 atom stereocenters. The lowest BCUT2D eigenvalue weighted by Gasteiger charge is -2.13. The summed E-state index contributed by atoms with van der Waals surface area (Å²) in [4.78, 5) is 71.4. The summed E-state index contributed by atoms with van der Waals surface area (Å²) in [6.07, 6.45) is 4.71. The molecule has 0 saturated heterocycles. The normalized spacial score (nSPS) is 11.6. The fourth-order valence-electron chi connectivity index (χ4n) is 5.10. The number of aryl methyl sites for hydroxylation is 1. The van der Waals surface area contributed by atoms with Crippen molar-refractivity contribution in [2.24, 2.45) is 0 Å². The number of carbonyl (C=O) groups excluding carboxylic acids is 6. The highest BCUT2D eigenvalue weighted by atomic mass is 16.6. The first kappa shape index (κ1) is 46.2. The van der Waals surface area contributed by atoms with Crippen LogP contribution in [-0.2, 0) is 38.1 Å². The second-order valence-corrected chi connectivity index (χ2v) is 13.3. The van der Waals surface area contributed by atoms with Gasteiger partial charge < -0.3 is 37.9 Å². The quantitative estimate of drug-likeness (QED) is 0.0271. The summed E-state index contributed by atoms with van der Waals surface area (Å²) in [6, 6.07) is 17.8. The zero-order valence-corrected chi connectivity index (χ0v) is 33.5. The highest BCUT2D eigenvalue weighted by molar-refractivity contribution is 5.92. The summed E-state index contributed by atoms with van der Waals surface area (Å²) in [7, 11) is 0. The van der Waals surface area contributed by atoms with E-state index in [1.807, 2.05) is 0 Å². The molecule has 312 valence electrons. The molecular weight excluding hydrogens is 752 g/mol. The van der Waals surface area contributed by atoms with Crippen LogP contribution in [0.25, 0.3) is 0 Å². The standard InChI is InChI=1S/C44H52O14/c1-6-40(46)54-29-32(4)56-42(48)14-10-8-12-25-51-36-19-15-34(16-20-36)43(49)57-38-23-24-39(30(2)27-38)58-44(50)35-17-21-37(22-18-35)52-26-11-7-9-13-41(47)55-31(3)28-53-33(5)45/h6,15-24,27,31-32H,1,7-14,25-26,28-29H2,2-5H3. The molecule has 3 aromatic carbocycles. The fraction of sp³-hybridized carbons (Fsp3) is 0.409. The summed E-state index contributed by atoms with van der Waals surface area (Å²) < 4.78 is 42.7. The van der Waals surface area contributed by atoms with E-state index in [4.69, 9.17) is 37.9 Å². The SMILES string of the molecule is C=CC(=O)OCC(C)OC(=O)CCCCCOc1ccc(C(=O)Oc2ccc(OC(=O)c3ccc(OCCCCCC(=O)OC(C)COC(C)=O)cc3)c(C)c2)cc1. The lowest BCUT2D eigenvalue weighted by Crippen LogP contribution is -2.21. The molecule has 0 fully saturated rings. The monoisotopic (exact) mass is 804 g/mol. The average Bonchev–Trinajstić information content (AvgIpc) is 3.20. The molecule has 0 saturated carbocycles. The van der Waals surface area contributed by atoms with Crippen LogP contribution in [0, 0.1) is 6.92 Å². The largest absolute Gasteiger partial charge is 0.494 e. The molecule has 2 unspecified atom stereocenters. The summed E-state index contributed by atoms with van der Waals surface area (Å²) in [5.41, 5.74) is 1.23. The van der Waals surface area contributed by atoms with E-state index in [1.165, 1.54) is 6.92 Å². The number of hydrogen-bond acceptors (Lipinski definition) is 14. The van der Waals surface area contributed by atoms with E-state index in [2.05, 4.69) is 6.58 Å². The van der Waals surface area contributed by atoms with E-state index < -0.39 is 36.1 Å². The summed E-state index contributed by atoms with van der Waals surface area (Å²) in [5, 5.41) is 0. The van der Waals surface area contributed by atoms with Gasteiger partial charge in [0, 0.05) is 25.8 Å². The summed E-state index contributed by atoms with van der Waals surface area (Å²) in [5.74, 6) is -1.07. The lowest BCUT2D eigenvalue weighted by atomic mass is 10.2. The predicted molar refractivity (Wildman–Crippen MR) is 211 cm³/mol. The van der Waals surface area contributed by atoms with Gasteiger partial charge in [0.1, 0.15) is 48.4 Å². The van der Waals surface area contributed by atoms with Crippen molar-refractivity contribution in [1.29, 1.82) is 0 Å². The third-order valence-corrected chi connectivity index (χ3v) is 8.14. The summed E-state index contributed by atoms with van der Waals surface area (Å²) >= 11 is 0. The minimum atomic E-state index is -0.571. The zero-order chi connectivity index (χ0) is 42.3. The predicted octanol–water partition coefficient (Wildman–Crippen LogP) is 7.47. The van der Waals surface area contributed by atoms with E-state index in [-0.39, 0.29) is 43.7 Å². The number of benzene rings is 3. The number of unbranched alkanes of at least 4 members (excludes halogenated alkanes) is 4. The van der Waals surface area contributed by atoms with Crippen LogP contribution in [0.4, 0.5) is 0 Å². The van der Waals surface area contributed by atoms with Gasteiger partial charge in [-0.1, -0.05) is 6.58 Å². The Bertz CT molecular complexity index is 1820. The Balaban J connectivity index is 1.32. The first-order valence-electron chi connectivity index (χ1n) is 19.1. The van der Waals surface area contributed by atoms with Crippen LogP contribution < -0.4 is 18.9 Å². The molecule has 0 N–H and O–H groups in total. The van der Waals surface area contributed by atoms with Crippen molar-refractivity contribution in [1.82, 2.24) is 0 Å². The van der Waals surface area contributed by atoms with Gasteiger partial charge in [-0.3, -0.25) is 14.4 Å². The zero-order valence-electron chi connectivity index (χ0n) is 33.5. The van der Waals surface area contributed by atoms with Gasteiger partial charge in [0.2, 0.25) is 0 Å². The highest BCUT2D eigenvalue weighted by Gasteiger charge is 2.15. The Labute approximate surface area is 338 Å². The van der Waals surface area contributed by atoms with Gasteiger partial charge in [-0.2, -0.15) is 0 Å². The van der Waals surface area contributed by atoms with Crippen LogP contribution in [0.1, 0.15) is 98.4 Å². The van der Waals surface area contributed by atoms with Crippen LogP contribution in [0.5, 0.6) is 23.0 Å². The maximum absolute atomic E-state index is 12.8. The molecule has 3 aromatic rings. The number of ether oxygens (including phenoxy) is 8. The number of rotatable bonds is 25. The van der Waals surface area contributed by atoms with Crippen molar-refractivity contribution in [3.8, 4) is 23.0 Å². The number of esters is 6. The van der Waals surface area contributed by atoms with Crippen molar-refractivity contribution in [3.05, 3.63) is 96.1 Å². The molecule has 0 aliphatic rings. The number of hydrogen-bond donors (Lipinski definition) is 0. The molecule has 14 nitrogen and oxygen atoms in total. The maximum Gasteiger partial charge on any atom is 0.343 e. The van der Waals surface area contributed by atoms with Crippen molar-refractivity contribution in [3.63, 3.8) is 0 Å². The molecule has 0 radical (unpaired) electrons. The van der Waals surface area contributed by atoms with Crippen LogP contribution in [-0.4, -0.2) is 74.5 Å². The first-order chi connectivity index (χ1) is 27.8. The average molecular weight is 805 g/mol. The molecule has 14 heteroatoms. The molecule has 0 aromatic heterocycles. The highest BCUT2D eigenvalue weighted by Crippen LogP contribution is 2.26. The Morgan fingerprint density at radius 2 is 1.07 bits per heavy atom. The first-order valence-corrected chi connectivity index (χ1v) is 19.1. The minimum Gasteiger partial charge on any atom is -0.494 e. The van der Waals surface area contributed by atoms with Gasteiger partial charge in [0.25, 0.3) is 0 Å². The Hall–Kier alpha value is -6.18. The van der Waals surface area contributed by atoms with Gasteiger partial charge in [-0.05, 0) is 132 Å². The summed E-state index contributed by atoms with van der Waals surface area (Å²) in [6.45, 7) is 10.5. The van der Waals surface area contributed by atoms with E-state index >= 15 is 0 Å². The second-order valence-electron chi connectivity index (χ2n) is 13.3. The molecular formula is C44H52O14. The molecule has 0 spiro atoms. The van der Waals surface area contributed by atoms with Crippen LogP contribution >= 0.6 is 0 Å². The fourth-order valence-corrected chi connectivity index (χ4v) is 5.10. The van der Waals surface area contributed by atoms with E-state index in [9.17, 15) is 28.8 Å². The third kappa shape index (κ3) is 18.2. The van der Waals surface area contributed by atoms with Crippen LogP contribution in [0.15, 0.2) is 79.4 Å². The van der Waals surface area contributed by atoms with Crippen LogP contribution in [0.2, 0.25) is 0 Å². The van der Waals surface area contributed by atoms with Crippen molar-refractivity contribution in [2.75, 3.05) is 26.4 Å². The van der Waals surface area contributed by atoms with Gasteiger partial charge in [0.15, 0.2) is 0 Å². The molecule has 0 bridgehead atoms. The van der Waals surface area contributed by atoms with Crippen molar-refractivity contribution < 1.29 is 66.7 Å². The van der Waals surface area contributed by atoms with Gasteiger partial charge in [-0.15, -0.1) is 0 Å². The molecule has 0 aliphatic heterocycles. The van der Waals surface area contributed by atoms with E-state index in [0.29, 0.717) is 66.4 Å². The topological polar surface area (TPSA) is 176 Å². The Kier molecular flexibility index (Phi) is 20.0. The van der Waals surface area contributed by atoms with Gasteiger partial charge in [-0.25, -0.2) is 14.4 Å². The lowest BCUT2D eigenvalue weighted by molar-refractivity contribution is -0.157. The van der Waals surface area contributed by atoms with E-state index in [1.54, 1.807) is 87.5 Å². The maximum atomic E-state index is 12.8. The smallest absolute Gasteiger partial charge is 0.343 e. The number of carbonyl (C=O) groups is 6. The molecule has 0 aliphatic carbocycles. The van der Waals surface area contributed by atoms with Gasteiger partial charge in [0.05, 0.1) is 24.3 Å². The molecule has 3 rings (SSSR count). The third-order valence-electron chi connectivity index (χ3n) is 8.14. The van der Waals surface area contributed by atoms with Crippen LogP contribution in [0.3, 0.4) is 0 Å². The van der Waals surface area contributed by atoms with Crippen molar-refractivity contribution >= 4 is 35.8 Å². The van der Waals surface area contributed by atoms with Gasteiger partial charge >= 0.3 is 35.8 Å². The second kappa shape index (κ2) is 25.1. The Morgan fingerprint density at radius 1 is 0.603 bits per heavy atom. The molecule has 0 amide bonds. The Morgan fingerprint density at radius 3 is 1.53 bits per heavy atom. The van der Waals surface area contributed by atoms with Crippen molar-refractivity contribution in [2.45, 2.75) is 91.3 Å².